The number of fused-ring (bicyclic) bond motifs is 3. The van der Waals surface area contributed by atoms with Crippen molar-refractivity contribution in [1.82, 2.24) is 4.98 Å². The predicted molar refractivity (Wildman–Crippen MR) is 119 cm³/mol. The van der Waals surface area contributed by atoms with Crippen LogP contribution in [-0.4, -0.2) is 23.0 Å². The average Bonchev–Trinajstić information content (AvgIpc) is 3.05. The third-order valence-corrected chi connectivity index (χ3v) is 5.62. The van der Waals surface area contributed by atoms with Gasteiger partial charge in [-0.3, -0.25) is 4.79 Å². The summed E-state index contributed by atoms with van der Waals surface area (Å²) in [6.07, 6.45) is 0. The van der Waals surface area contributed by atoms with E-state index in [1.54, 1.807) is 19.9 Å². The highest BCUT2D eigenvalue weighted by atomic mass is 16.3. The summed E-state index contributed by atoms with van der Waals surface area (Å²) in [4.78, 5) is 15.5. The molecule has 0 bridgehead atoms. The molecule has 5 heteroatoms. The summed E-state index contributed by atoms with van der Waals surface area (Å²) in [7, 11) is 1.90. The fourth-order valence-electron chi connectivity index (χ4n) is 4.02. The molecule has 0 saturated heterocycles. The topological polar surface area (TPSA) is 91.1 Å². The molecule has 5 nitrogen and oxygen atoms in total. The van der Waals surface area contributed by atoms with E-state index in [0.29, 0.717) is 11.1 Å². The van der Waals surface area contributed by atoms with Gasteiger partial charge in [-0.2, -0.15) is 0 Å². The second-order valence-electron chi connectivity index (χ2n) is 7.95. The normalized spacial score (nSPS) is 11.9. The fraction of sp³-hybridized carbons (Fsp3) is 0.208. The van der Waals surface area contributed by atoms with Crippen LogP contribution >= 0.6 is 0 Å². The van der Waals surface area contributed by atoms with Gasteiger partial charge in [0.1, 0.15) is 0 Å². The maximum Gasteiger partial charge on any atom is 0.250 e. The minimum Gasteiger partial charge on any atom is -0.388 e. The van der Waals surface area contributed by atoms with Gasteiger partial charge >= 0.3 is 0 Å². The van der Waals surface area contributed by atoms with Crippen molar-refractivity contribution in [3.05, 3.63) is 65.2 Å². The second kappa shape index (κ2) is 6.64. The first-order valence-corrected chi connectivity index (χ1v) is 9.61. The molecule has 0 saturated carbocycles. The predicted octanol–water partition coefficient (Wildman–Crippen LogP) is 4.66. The molecule has 0 fully saturated rings. The molecule has 0 spiro atoms. The molecule has 0 atom stereocenters. The maximum absolute atomic E-state index is 12.1. The number of amides is 1. The number of hydrogen-bond donors (Lipinski definition) is 4. The molecule has 1 aromatic heterocycles. The van der Waals surface area contributed by atoms with Crippen molar-refractivity contribution in [2.45, 2.75) is 26.4 Å². The molecule has 148 valence electrons. The Morgan fingerprint density at radius 2 is 1.86 bits per heavy atom. The highest BCUT2D eigenvalue weighted by Gasteiger charge is 2.21. The van der Waals surface area contributed by atoms with E-state index >= 15 is 0 Å². The standard InChI is InChI=1S/C24H25N3O2/c1-13-15(6-5-7-19(13)26-4)16-10-11-18(23(25)28)22-21(16)17-9-8-14(24(2,3)29)12-20(17)27-22/h5-12,26-27,29H,1-4H3,(H2,25,28). The molecule has 5 N–H and O–H groups in total. The Bertz CT molecular complexity index is 1260. The Labute approximate surface area is 169 Å². The van der Waals surface area contributed by atoms with Crippen LogP contribution in [0.25, 0.3) is 32.9 Å². The Hall–Kier alpha value is -3.31. The van der Waals surface area contributed by atoms with Crippen LogP contribution in [0.2, 0.25) is 0 Å². The van der Waals surface area contributed by atoms with Gasteiger partial charge in [0.05, 0.1) is 16.7 Å². The largest absolute Gasteiger partial charge is 0.388 e. The van der Waals surface area contributed by atoms with Gasteiger partial charge in [0.2, 0.25) is 0 Å². The Morgan fingerprint density at radius 3 is 2.52 bits per heavy atom. The van der Waals surface area contributed by atoms with E-state index in [0.717, 1.165) is 44.2 Å². The van der Waals surface area contributed by atoms with Crippen molar-refractivity contribution in [1.29, 1.82) is 0 Å². The molecule has 1 amide bonds. The summed E-state index contributed by atoms with van der Waals surface area (Å²) in [6.45, 7) is 5.59. The SMILES string of the molecule is CNc1cccc(-c2ccc(C(N)=O)c3[nH]c4cc(C(C)(C)O)ccc4c23)c1C. The van der Waals surface area contributed by atoms with Gasteiger partial charge in [0, 0.05) is 29.0 Å². The molecule has 29 heavy (non-hydrogen) atoms. The first kappa shape index (κ1) is 19.0. The van der Waals surface area contributed by atoms with E-state index in [4.69, 9.17) is 5.73 Å². The number of carbonyl (C=O) groups is 1. The van der Waals surface area contributed by atoms with Crippen molar-refractivity contribution in [3.8, 4) is 11.1 Å². The third kappa shape index (κ3) is 3.04. The highest BCUT2D eigenvalue weighted by Crippen LogP contribution is 2.39. The molecular weight excluding hydrogens is 362 g/mol. The Kier molecular flexibility index (Phi) is 4.35. The molecule has 4 rings (SSSR count). The Balaban J connectivity index is 2.12. The van der Waals surface area contributed by atoms with Crippen molar-refractivity contribution >= 4 is 33.4 Å². The van der Waals surface area contributed by atoms with E-state index in [1.807, 2.05) is 43.4 Å². The fourth-order valence-corrected chi connectivity index (χ4v) is 4.02. The number of aromatic nitrogens is 1. The lowest BCUT2D eigenvalue weighted by Crippen LogP contribution is -2.14. The molecule has 0 aliphatic carbocycles. The number of H-pyrrole nitrogens is 1. The quantitative estimate of drug-likeness (QED) is 0.410. The zero-order valence-electron chi connectivity index (χ0n) is 17.1. The third-order valence-electron chi connectivity index (χ3n) is 5.62. The van der Waals surface area contributed by atoms with E-state index in [-0.39, 0.29) is 0 Å². The van der Waals surface area contributed by atoms with Crippen LogP contribution in [0, 0.1) is 6.92 Å². The minimum atomic E-state index is -0.960. The highest BCUT2D eigenvalue weighted by molar-refractivity contribution is 6.20. The molecule has 3 aromatic carbocycles. The zero-order chi connectivity index (χ0) is 20.9. The second-order valence-corrected chi connectivity index (χ2v) is 7.95. The number of nitrogens with one attached hydrogen (secondary N) is 2. The van der Waals surface area contributed by atoms with Gasteiger partial charge in [-0.1, -0.05) is 30.3 Å². The van der Waals surface area contributed by atoms with Crippen molar-refractivity contribution in [2.24, 2.45) is 5.73 Å². The van der Waals surface area contributed by atoms with Gasteiger partial charge < -0.3 is 21.1 Å². The van der Waals surface area contributed by atoms with Gasteiger partial charge in [-0.25, -0.2) is 0 Å². The number of aliphatic hydroxyl groups is 1. The average molecular weight is 387 g/mol. The van der Waals surface area contributed by atoms with Crippen LogP contribution < -0.4 is 11.1 Å². The summed E-state index contributed by atoms with van der Waals surface area (Å²) in [5.74, 6) is -0.475. The van der Waals surface area contributed by atoms with E-state index in [2.05, 4.69) is 23.3 Å². The number of aromatic amines is 1. The molecule has 4 aromatic rings. The monoisotopic (exact) mass is 387 g/mol. The maximum atomic E-state index is 12.1. The van der Waals surface area contributed by atoms with E-state index in [1.165, 1.54) is 0 Å². The van der Waals surface area contributed by atoms with Crippen molar-refractivity contribution in [2.75, 3.05) is 12.4 Å². The number of anilines is 1. The van der Waals surface area contributed by atoms with Crippen LogP contribution in [0.1, 0.15) is 35.3 Å². The van der Waals surface area contributed by atoms with Crippen LogP contribution in [0.5, 0.6) is 0 Å². The number of carbonyl (C=O) groups excluding carboxylic acids is 1. The summed E-state index contributed by atoms with van der Waals surface area (Å²) in [5, 5.41) is 15.6. The molecule has 1 heterocycles. The van der Waals surface area contributed by atoms with Gasteiger partial charge in [0.15, 0.2) is 0 Å². The summed E-state index contributed by atoms with van der Waals surface area (Å²) in [5.41, 5.74) is 11.8. The molecule has 0 aliphatic rings. The molecule has 0 aliphatic heterocycles. The van der Waals surface area contributed by atoms with Crippen LogP contribution in [0.4, 0.5) is 5.69 Å². The van der Waals surface area contributed by atoms with Crippen molar-refractivity contribution in [3.63, 3.8) is 0 Å². The number of primary amides is 1. The first-order valence-electron chi connectivity index (χ1n) is 9.61. The lowest BCUT2D eigenvalue weighted by atomic mass is 9.92. The van der Waals surface area contributed by atoms with Gasteiger partial charge in [-0.05, 0) is 61.2 Å². The number of hydrogen-bond acceptors (Lipinski definition) is 3. The van der Waals surface area contributed by atoms with Crippen LogP contribution in [0.3, 0.4) is 0 Å². The van der Waals surface area contributed by atoms with Gasteiger partial charge in [-0.15, -0.1) is 0 Å². The summed E-state index contributed by atoms with van der Waals surface area (Å²) in [6, 6.07) is 15.7. The molecule has 0 radical (unpaired) electrons. The van der Waals surface area contributed by atoms with Crippen LogP contribution in [0.15, 0.2) is 48.5 Å². The first-order chi connectivity index (χ1) is 13.7. The minimum absolute atomic E-state index is 0.451. The molecule has 0 unspecified atom stereocenters. The van der Waals surface area contributed by atoms with E-state index in [9.17, 15) is 9.90 Å². The van der Waals surface area contributed by atoms with Gasteiger partial charge in [0.25, 0.3) is 5.91 Å². The lowest BCUT2D eigenvalue weighted by molar-refractivity contribution is 0.0787. The van der Waals surface area contributed by atoms with Crippen molar-refractivity contribution < 1.29 is 9.90 Å². The zero-order valence-corrected chi connectivity index (χ0v) is 17.1. The summed E-state index contributed by atoms with van der Waals surface area (Å²) >= 11 is 0. The van der Waals surface area contributed by atoms with E-state index < -0.39 is 11.5 Å². The lowest BCUT2D eigenvalue weighted by Gasteiger charge is -2.17. The Morgan fingerprint density at radius 1 is 1.10 bits per heavy atom. The van der Waals surface area contributed by atoms with Crippen LogP contribution in [-0.2, 0) is 5.60 Å². The number of rotatable bonds is 4. The number of benzene rings is 3. The number of nitrogens with two attached hydrogens (primary N) is 1. The summed E-state index contributed by atoms with van der Waals surface area (Å²) < 4.78 is 0. The molecular formula is C24H25N3O2. The smallest absolute Gasteiger partial charge is 0.250 e.